The van der Waals surface area contributed by atoms with Gasteiger partial charge in [-0.2, -0.15) is 5.26 Å². The monoisotopic (exact) mass is 252 g/mol. The number of carbonyl (C=O) groups is 2. The minimum atomic E-state index is -0.927. The fraction of sp³-hybridized carbons (Fsp3) is 0.750. The van der Waals surface area contributed by atoms with Gasteiger partial charge in [0.05, 0.1) is 31.1 Å². The molecule has 0 bridgehead atoms. The van der Waals surface area contributed by atoms with Crippen LogP contribution in [-0.4, -0.2) is 47.7 Å². The Balaban J connectivity index is 2.05. The van der Waals surface area contributed by atoms with Gasteiger partial charge in [0.2, 0.25) is 5.91 Å². The summed E-state index contributed by atoms with van der Waals surface area (Å²) in [7, 11) is 0. The second-order valence-electron chi connectivity index (χ2n) is 5.39. The van der Waals surface area contributed by atoms with E-state index in [-0.39, 0.29) is 12.5 Å². The molecule has 6 nitrogen and oxygen atoms in total. The molecule has 0 aromatic heterocycles. The Labute approximate surface area is 105 Å². The summed E-state index contributed by atoms with van der Waals surface area (Å²) < 4.78 is 5.16. The normalized spacial score (nSPS) is 33.6. The van der Waals surface area contributed by atoms with Gasteiger partial charge in [-0.1, -0.05) is 13.8 Å². The summed E-state index contributed by atoms with van der Waals surface area (Å²) in [5.41, 5.74) is -0.497. The van der Waals surface area contributed by atoms with Gasteiger partial charge in [-0.25, -0.2) is 0 Å². The average molecular weight is 252 g/mol. The number of carboxylic acid groups (broad SMARTS) is 1. The van der Waals surface area contributed by atoms with Crippen molar-refractivity contribution >= 4 is 11.9 Å². The van der Waals surface area contributed by atoms with E-state index in [9.17, 15) is 9.59 Å². The molecule has 0 aromatic rings. The number of carbonyl (C=O) groups excluding carboxylic acids is 1. The maximum absolute atomic E-state index is 12.2. The Hall–Kier alpha value is -1.61. The lowest BCUT2D eigenvalue weighted by atomic mass is 10.1. The largest absolute Gasteiger partial charge is 0.481 e. The number of carboxylic acids is 1. The first-order chi connectivity index (χ1) is 8.39. The van der Waals surface area contributed by atoms with Crippen molar-refractivity contribution < 1.29 is 19.4 Å². The average Bonchev–Trinajstić information content (AvgIpc) is 2.91. The van der Waals surface area contributed by atoms with Gasteiger partial charge in [-0.3, -0.25) is 9.59 Å². The van der Waals surface area contributed by atoms with Crippen LogP contribution in [0.15, 0.2) is 0 Å². The van der Waals surface area contributed by atoms with Crippen LogP contribution in [0.5, 0.6) is 0 Å². The van der Waals surface area contributed by atoms with E-state index < -0.39 is 29.3 Å². The van der Waals surface area contributed by atoms with E-state index in [0.29, 0.717) is 13.2 Å². The number of hydrogen-bond donors (Lipinski definition) is 1. The smallest absolute Gasteiger partial charge is 0.307 e. The molecule has 1 saturated heterocycles. The van der Waals surface area contributed by atoms with Crippen molar-refractivity contribution in [3.05, 3.63) is 0 Å². The molecular formula is C12H16N2O4. The molecule has 1 aliphatic heterocycles. The quantitative estimate of drug-likeness (QED) is 0.752. The van der Waals surface area contributed by atoms with Crippen molar-refractivity contribution in [3.8, 4) is 6.07 Å². The summed E-state index contributed by atoms with van der Waals surface area (Å²) in [4.78, 5) is 24.8. The highest BCUT2D eigenvalue weighted by Gasteiger charge is 2.66. The van der Waals surface area contributed by atoms with Gasteiger partial charge >= 0.3 is 5.97 Å². The van der Waals surface area contributed by atoms with Crippen molar-refractivity contribution in [2.75, 3.05) is 19.7 Å². The maximum atomic E-state index is 12.2. The highest BCUT2D eigenvalue weighted by atomic mass is 16.5. The van der Waals surface area contributed by atoms with Gasteiger partial charge in [-0.15, -0.1) is 0 Å². The summed E-state index contributed by atoms with van der Waals surface area (Å²) in [5, 5.41) is 17.8. The van der Waals surface area contributed by atoms with Crippen LogP contribution in [0.25, 0.3) is 0 Å². The molecule has 1 N–H and O–H groups in total. The minimum absolute atomic E-state index is 0.170. The molecular weight excluding hydrogens is 236 g/mol. The third-order valence-electron chi connectivity index (χ3n) is 3.88. The Bertz CT molecular complexity index is 426. The van der Waals surface area contributed by atoms with Crippen LogP contribution in [0.4, 0.5) is 0 Å². The number of ether oxygens (including phenoxy) is 1. The predicted molar refractivity (Wildman–Crippen MR) is 60.3 cm³/mol. The van der Waals surface area contributed by atoms with Gasteiger partial charge in [0, 0.05) is 6.54 Å². The first-order valence-corrected chi connectivity index (χ1v) is 5.92. The number of hydrogen-bond acceptors (Lipinski definition) is 4. The van der Waals surface area contributed by atoms with Crippen LogP contribution in [0, 0.1) is 28.6 Å². The summed E-state index contributed by atoms with van der Waals surface area (Å²) in [6.07, 6.45) is -0.604. The van der Waals surface area contributed by atoms with Crippen LogP contribution < -0.4 is 0 Å². The van der Waals surface area contributed by atoms with Crippen LogP contribution in [-0.2, 0) is 14.3 Å². The molecule has 2 aliphatic rings. The summed E-state index contributed by atoms with van der Waals surface area (Å²) >= 11 is 0. The molecule has 3 unspecified atom stereocenters. The number of amides is 1. The lowest BCUT2D eigenvalue weighted by Crippen LogP contribution is -2.46. The van der Waals surface area contributed by atoms with Crippen molar-refractivity contribution in [3.63, 3.8) is 0 Å². The fourth-order valence-electron chi connectivity index (χ4n) is 2.68. The Morgan fingerprint density at radius 1 is 1.44 bits per heavy atom. The Kier molecular flexibility index (Phi) is 3.03. The van der Waals surface area contributed by atoms with Gasteiger partial charge < -0.3 is 14.7 Å². The molecule has 1 amide bonds. The summed E-state index contributed by atoms with van der Waals surface area (Å²) in [6.45, 7) is 4.56. The van der Waals surface area contributed by atoms with Crippen LogP contribution in [0.2, 0.25) is 0 Å². The van der Waals surface area contributed by atoms with Crippen molar-refractivity contribution in [1.29, 1.82) is 5.26 Å². The lowest BCUT2D eigenvalue weighted by Gasteiger charge is -2.30. The van der Waals surface area contributed by atoms with Crippen molar-refractivity contribution in [1.82, 2.24) is 4.90 Å². The Morgan fingerprint density at radius 2 is 2.11 bits per heavy atom. The molecule has 98 valence electrons. The summed E-state index contributed by atoms with van der Waals surface area (Å²) in [5.74, 6) is -2.19. The van der Waals surface area contributed by atoms with Gasteiger partial charge in [-0.05, 0) is 5.41 Å². The van der Waals surface area contributed by atoms with E-state index in [2.05, 4.69) is 0 Å². The molecule has 1 saturated carbocycles. The van der Waals surface area contributed by atoms with E-state index in [0.717, 1.165) is 0 Å². The van der Waals surface area contributed by atoms with E-state index in [1.165, 1.54) is 0 Å². The number of aliphatic carboxylic acids is 1. The van der Waals surface area contributed by atoms with E-state index in [4.69, 9.17) is 15.1 Å². The standard InChI is InChI=1S/C12H16N2O4/c1-12(2)8(9(12)11(16)17)10(15)14-3-4-18-7(5-13)6-14/h7-9H,3-4,6H2,1-2H3,(H,16,17). The van der Waals surface area contributed by atoms with Crippen LogP contribution >= 0.6 is 0 Å². The molecule has 1 aliphatic carbocycles. The number of morpholine rings is 1. The molecule has 1 heterocycles. The van der Waals surface area contributed by atoms with E-state index in [1.54, 1.807) is 18.7 Å². The third-order valence-corrected chi connectivity index (χ3v) is 3.88. The van der Waals surface area contributed by atoms with Gasteiger partial charge in [0.15, 0.2) is 6.10 Å². The number of nitrogens with zero attached hydrogens (tertiary/aromatic N) is 2. The fourth-order valence-corrected chi connectivity index (χ4v) is 2.68. The van der Waals surface area contributed by atoms with Crippen LogP contribution in [0.1, 0.15) is 13.8 Å². The zero-order valence-electron chi connectivity index (χ0n) is 10.4. The second kappa shape index (κ2) is 4.25. The molecule has 2 rings (SSSR count). The zero-order valence-corrected chi connectivity index (χ0v) is 10.4. The van der Waals surface area contributed by atoms with E-state index in [1.807, 2.05) is 6.07 Å². The molecule has 0 aromatic carbocycles. The predicted octanol–water partition coefficient (Wildman–Crippen LogP) is 0.0942. The highest BCUT2D eigenvalue weighted by molar-refractivity contribution is 5.91. The van der Waals surface area contributed by atoms with Crippen molar-refractivity contribution in [2.24, 2.45) is 17.3 Å². The van der Waals surface area contributed by atoms with E-state index >= 15 is 0 Å². The highest BCUT2D eigenvalue weighted by Crippen LogP contribution is 2.59. The lowest BCUT2D eigenvalue weighted by molar-refractivity contribution is -0.144. The van der Waals surface area contributed by atoms with Gasteiger partial charge in [0.25, 0.3) is 0 Å². The van der Waals surface area contributed by atoms with Crippen molar-refractivity contribution in [2.45, 2.75) is 20.0 Å². The molecule has 0 spiro atoms. The third kappa shape index (κ3) is 1.95. The van der Waals surface area contributed by atoms with Gasteiger partial charge in [0.1, 0.15) is 0 Å². The summed E-state index contributed by atoms with van der Waals surface area (Å²) in [6, 6.07) is 1.97. The Morgan fingerprint density at radius 3 is 2.61 bits per heavy atom. The molecule has 18 heavy (non-hydrogen) atoms. The topological polar surface area (TPSA) is 90.6 Å². The first kappa shape index (κ1) is 12.8. The second-order valence-corrected chi connectivity index (χ2v) is 5.39. The SMILES string of the molecule is CC1(C)C(C(=O)O)C1C(=O)N1CCOC(C#N)C1. The van der Waals surface area contributed by atoms with Crippen LogP contribution in [0.3, 0.4) is 0 Å². The molecule has 0 radical (unpaired) electrons. The number of rotatable bonds is 2. The molecule has 2 fully saturated rings. The first-order valence-electron chi connectivity index (χ1n) is 5.92. The molecule has 3 atom stereocenters. The molecule has 6 heteroatoms. The maximum Gasteiger partial charge on any atom is 0.307 e. The number of nitriles is 1. The minimum Gasteiger partial charge on any atom is -0.481 e. The zero-order chi connectivity index (χ0) is 13.5.